The molecule has 0 bridgehead atoms. The summed E-state index contributed by atoms with van der Waals surface area (Å²) in [5, 5.41) is 16.9. The predicted molar refractivity (Wildman–Crippen MR) is 37.5 cm³/mol. The quantitative estimate of drug-likeness (QED) is 0.476. The Balaban J connectivity index is 3.22. The first kappa shape index (κ1) is 8.16. The number of allylic oxidation sites excluding steroid dienone is 2. The number of hydrogen-bond acceptors (Lipinski definition) is 4. The normalized spacial score (nSPS) is 17.2. The molecule has 0 aliphatic heterocycles. The molecule has 1 aliphatic rings. The zero-order valence-electron chi connectivity index (χ0n) is 6.13. The van der Waals surface area contributed by atoms with Gasteiger partial charge in [0.25, 0.3) is 0 Å². The van der Waals surface area contributed by atoms with Gasteiger partial charge in [-0.1, -0.05) is 0 Å². The van der Waals surface area contributed by atoms with Gasteiger partial charge in [0.05, 0.1) is 11.6 Å². The van der Waals surface area contributed by atoms with Gasteiger partial charge in [0.15, 0.2) is 0 Å². The van der Waals surface area contributed by atoms with Crippen LogP contribution in [0.3, 0.4) is 0 Å². The van der Waals surface area contributed by atoms with E-state index in [1.165, 1.54) is 0 Å². The molecule has 0 saturated carbocycles. The summed E-state index contributed by atoms with van der Waals surface area (Å²) in [5.74, 6) is -1.40. The van der Waals surface area contributed by atoms with Gasteiger partial charge in [-0.25, -0.2) is 0 Å². The van der Waals surface area contributed by atoms with Crippen molar-refractivity contribution in [1.82, 2.24) is 0 Å². The molecule has 0 saturated heterocycles. The molecule has 0 aromatic rings. The van der Waals surface area contributed by atoms with Crippen LogP contribution in [-0.4, -0.2) is 11.6 Å². The van der Waals surface area contributed by atoms with Crippen molar-refractivity contribution < 1.29 is 9.59 Å². The number of Topliss-reactive ketones (excluding diaryl/α,β-unsaturated/α-hetero) is 2. The van der Waals surface area contributed by atoms with Crippen LogP contribution in [-0.2, 0) is 9.59 Å². The fourth-order valence-electron chi connectivity index (χ4n) is 0.984. The Morgan fingerprint density at radius 3 is 2.25 bits per heavy atom. The number of carbonyl (C=O) groups is 2. The third-order valence-corrected chi connectivity index (χ3v) is 1.63. The minimum atomic E-state index is -0.819. The molecule has 1 rings (SSSR count). The van der Waals surface area contributed by atoms with E-state index in [-0.39, 0.29) is 24.0 Å². The molecule has 1 aliphatic carbocycles. The van der Waals surface area contributed by atoms with E-state index in [4.69, 9.17) is 10.5 Å². The molecular formula is C8H4N2O2. The van der Waals surface area contributed by atoms with Crippen molar-refractivity contribution >= 4 is 11.6 Å². The van der Waals surface area contributed by atoms with Gasteiger partial charge >= 0.3 is 0 Å². The highest BCUT2D eigenvalue weighted by Gasteiger charge is 2.27. The summed E-state index contributed by atoms with van der Waals surface area (Å²) in [4.78, 5) is 21.7. The van der Waals surface area contributed by atoms with Crippen LogP contribution in [0.4, 0.5) is 0 Å². The van der Waals surface area contributed by atoms with Gasteiger partial charge in [0.2, 0.25) is 11.6 Å². The van der Waals surface area contributed by atoms with Crippen molar-refractivity contribution in [2.24, 2.45) is 0 Å². The van der Waals surface area contributed by atoms with Crippen LogP contribution >= 0.6 is 0 Å². The topological polar surface area (TPSA) is 81.7 Å². The molecule has 0 N–H and O–H groups in total. The van der Waals surface area contributed by atoms with Crippen LogP contribution in [0.15, 0.2) is 11.1 Å². The molecule has 58 valence electrons. The molecule has 12 heavy (non-hydrogen) atoms. The lowest BCUT2D eigenvalue weighted by molar-refractivity contribution is -0.134. The van der Waals surface area contributed by atoms with Gasteiger partial charge in [-0.05, 0) is 6.42 Å². The van der Waals surface area contributed by atoms with Crippen molar-refractivity contribution in [3.8, 4) is 12.1 Å². The molecule has 0 spiro atoms. The van der Waals surface area contributed by atoms with Crippen LogP contribution in [0, 0.1) is 22.7 Å². The van der Waals surface area contributed by atoms with Crippen LogP contribution in [0.2, 0.25) is 0 Å². The Morgan fingerprint density at radius 1 is 1.08 bits per heavy atom. The van der Waals surface area contributed by atoms with Crippen molar-refractivity contribution in [2.75, 3.05) is 0 Å². The average Bonchev–Trinajstić information content (AvgIpc) is 2.09. The van der Waals surface area contributed by atoms with Crippen molar-refractivity contribution in [1.29, 1.82) is 10.5 Å². The van der Waals surface area contributed by atoms with Gasteiger partial charge in [-0.15, -0.1) is 0 Å². The number of nitrogens with zero attached hydrogens (tertiary/aromatic N) is 2. The highest BCUT2D eigenvalue weighted by Crippen LogP contribution is 2.18. The minimum absolute atomic E-state index is 0.0485. The standard InChI is InChI=1S/C8H4N2O2/c9-3-5-1-2-7(11)8(12)6(5)4-10/h1-2H2. The largest absolute Gasteiger partial charge is 0.290 e. The van der Waals surface area contributed by atoms with Crippen molar-refractivity contribution in [3.63, 3.8) is 0 Å². The Kier molecular flexibility index (Phi) is 2.02. The van der Waals surface area contributed by atoms with Crippen molar-refractivity contribution in [3.05, 3.63) is 11.1 Å². The monoisotopic (exact) mass is 160 g/mol. The number of nitriles is 2. The van der Waals surface area contributed by atoms with Gasteiger partial charge < -0.3 is 0 Å². The number of ketones is 2. The van der Waals surface area contributed by atoms with Crippen molar-refractivity contribution in [2.45, 2.75) is 12.8 Å². The second-order valence-electron chi connectivity index (χ2n) is 2.33. The fourth-order valence-corrected chi connectivity index (χ4v) is 0.984. The summed E-state index contributed by atoms with van der Waals surface area (Å²) in [6, 6.07) is 3.31. The molecule has 0 amide bonds. The first-order valence-electron chi connectivity index (χ1n) is 3.31. The molecule has 0 fully saturated rings. The molecule has 0 heterocycles. The van der Waals surface area contributed by atoms with E-state index >= 15 is 0 Å². The summed E-state index contributed by atoms with van der Waals surface area (Å²) in [6.07, 6.45) is 0.261. The number of hydrogen-bond donors (Lipinski definition) is 0. The van der Waals surface area contributed by atoms with E-state index in [0.717, 1.165) is 0 Å². The molecule has 0 radical (unpaired) electrons. The van der Waals surface area contributed by atoms with Crippen LogP contribution in [0.25, 0.3) is 0 Å². The molecule has 0 unspecified atom stereocenters. The lowest BCUT2D eigenvalue weighted by atomic mass is 9.91. The van der Waals surface area contributed by atoms with Crippen LogP contribution in [0.5, 0.6) is 0 Å². The first-order chi connectivity index (χ1) is 5.70. The Bertz CT molecular complexity index is 365. The lowest BCUT2D eigenvalue weighted by Crippen LogP contribution is -2.21. The van der Waals surface area contributed by atoms with Gasteiger partial charge in [-0.2, -0.15) is 10.5 Å². The summed E-state index contributed by atoms with van der Waals surface area (Å²) < 4.78 is 0. The fraction of sp³-hybridized carbons (Fsp3) is 0.250. The molecule has 0 aromatic heterocycles. The highest BCUT2D eigenvalue weighted by molar-refractivity contribution is 6.45. The van der Waals surface area contributed by atoms with Gasteiger partial charge in [0, 0.05) is 6.42 Å². The van der Waals surface area contributed by atoms with Crippen LogP contribution in [0.1, 0.15) is 12.8 Å². The highest BCUT2D eigenvalue weighted by atomic mass is 16.2. The molecule has 4 nitrogen and oxygen atoms in total. The first-order valence-corrected chi connectivity index (χ1v) is 3.31. The second kappa shape index (κ2) is 2.98. The second-order valence-corrected chi connectivity index (χ2v) is 2.33. The molecule has 4 heteroatoms. The molecule has 0 atom stereocenters. The summed E-state index contributed by atoms with van der Waals surface area (Å²) in [5.41, 5.74) is -0.157. The summed E-state index contributed by atoms with van der Waals surface area (Å²) in [6.45, 7) is 0. The Labute approximate surface area is 68.7 Å². The minimum Gasteiger partial charge on any atom is -0.290 e. The lowest BCUT2D eigenvalue weighted by Gasteiger charge is -2.06. The number of carbonyl (C=O) groups excluding carboxylic acids is 2. The van der Waals surface area contributed by atoms with Gasteiger partial charge in [-0.3, -0.25) is 9.59 Å². The zero-order chi connectivity index (χ0) is 9.14. The van der Waals surface area contributed by atoms with E-state index in [2.05, 4.69) is 0 Å². The maximum Gasteiger partial charge on any atom is 0.240 e. The van der Waals surface area contributed by atoms with E-state index in [9.17, 15) is 9.59 Å². The smallest absolute Gasteiger partial charge is 0.240 e. The Morgan fingerprint density at radius 2 is 1.75 bits per heavy atom. The van der Waals surface area contributed by atoms with E-state index in [0.29, 0.717) is 0 Å². The van der Waals surface area contributed by atoms with E-state index in [1.807, 2.05) is 0 Å². The maximum atomic E-state index is 10.9. The average molecular weight is 160 g/mol. The summed E-state index contributed by atoms with van der Waals surface area (Å²) >= 11 is 0. The molecule has 0 aromatic carbocycles. The van der Waals surface area contributed by atoms with Gasteiger partial charge in [0.1, 0.15) is 11.6 Å². The molecular weight excluding hydrogens is 156 g/mol. The maximum absolute atomic E-state index is 10.9. The van der Waals surface area contributed by atoms with E-state index < -0.39 is 11.6 Å². The number of rotatable bonds is 0. The van der Waals surface area contributed by atoms with Crippen LogP contribution < -0.4 is 0 Å². The Hall–Kier alpha value is -1.94. The zero-order valence-corrected chi connectivity index (χ0v) is 6.13. The predicted octanol–water partition coefficient (Wildman–Crippen LogP) is 0.262. The SMILES string of the molecule is N#CC1=C(C#N)C(=O)C(=O)CC1. The van der Waals surface area contributed by atoms with E-state index in [1.54, 1.807) is 12.1 Å². The third-order valence-electron chi connectivity index (χ3n) is 1.63. The summed E-state index contributed by atoms with van der Waals surface area (Å²) in [7, 11) is 0. The third kappa shape index (κ3) is 1.11.